The molecule has 0 aromatic heterocycles. The molecule has 1 N–H and O–H groups in total. The van der Waals surface area contributed by atoms with Gasteiger partial charge in [-0.15, -0.1) is 0 Å². The van der Waals surface area contributed by atoms with Gasteiger partial charge in [0.25, 0.3) is 5.91 Å². The van der Waals surface area contributed by atoms with Crippen molar-refractivity contribution in [3.8, 4) is 5.75 Å². The number of amidine groups is 1. The highest BCUT2D eigenvalue weighted by Gasteiger charge is 2.30. The fourth-order valence-electron chi connectivity index (χ4n) is 3.10. The molecule has 1 amide bonds. The summed E-state index contributed by atoms with van der Waals surface area (Å²) in [6.07, 6.45) is 1.71. The molecule has 3 aromatic carbocycles. The first-order valence-electron chi connectivity index (χ1n) is 10.1. The maximum atomic E-state index is 13.3. The van der Waals surface area contributed by atoms with Crippen molar-refractivity contribution in [1.29, 1.82) is 0 Å². The summed E-state index contributed by atoms with van der Waals surface area (Å²) in [7, 11) is 1.62. The molecule has 34 heavy (non-hydrogen) atoms. The van der Waals surface area contributed by atoms with E-state index < -0.39 is 5.97 Å². The molecule has 1 aliphatic heterocycles. The number of nitrogens with zero attached hydrogens (tertiary/aromatic N) is 2. The van der Waals surface area contributed by atoms with Gasteiger partial charge in [-0.05, 0) is 77.5 Å². The summed E-state index contributed by atoms with van der Waals surface area (Å²) in [5.74, 6) is -1.12. The summed E-state index contributed by atoms with van der Waals surface area (Å²) in [5, 5.41) is 9.84. The van der Waals surface area contributed by atoms with Gasteiger partial charge < -0.3 is 9.84 Å². The third kappa shape index (κ3) is 5.47. The first kappa shape index (κ1) is 23.5. The number of thioether (sulfide) groups is 1. The van der Waals surface area contributed by atoms with Crippen LogP contribution in [0.3, 0.4) is 0 Å². The zero-order chi connectivity index (χ0) is 24.2. The van der Waals surface area contributed by atoms with Gasteiger partial charge >= 0.3 is 5.97 Å². The van der Waals surface area contributed by atoms with E-state index in [4.69, 9.17) is 21.4 Å². The van der Waals surface area contributed by atoms with Crippen LogP contribution >= 0.6 is 23.4 Å². The number of carbonyl (C=O) groups is 2. The third-order valence-electron chi connectivity index (χ3n) is 4.88. The van der Waals surface area contributed by atoms with E-state index in [0.717, 1.165) is 0 Å². The average Bonchev–Trinajstić information content (AvgIpc) is 3.06. The molecule has 0 unspecified atom stereocenters. The minimum atomic E-state index is -1.02. The topological polar surface area (TPSA) is 79.2 Å². The fourth-order valence-corrected chi connectivity index (χ4v) is 4.33. The van der Waals surface area contributed by atoms with Gasteiger partial charge in [-0.1, -0.05) is 29.8 Å². The Morgan fingerprint density at radius 3 is 2.62 bits per heavy atom. The number of carbonyl (C=O) groups excluding carboxylic acids is 1. The van der Waals surface area contributed by atoms with Crippen molar-refractivity contribution >= 4 is 52.2 Å². The third-order valence-corrected chi connectivity index (χ3v) is 6.24. The molecule has 0 saturated carbocycles. The van der Waals surface area contributed by atoms with Crippen LogP contribution in [0.25, 0.3) is 6.08 Å². The van der Waals surface area contributed by atoms with Crippen molar-refractivity contribution < 1.29 is 23.8 Å². The number of likely N-dealkylation sites (N-methyl/N-ethyl adjacent to an activating group) is 1. The number of hydrogen-bond donors (Lipinski definition) is 1. The standard InChI is InChI=1S/C25H18ClFN2O4S/c1-29-23(30)22(34-25(29)28-19-8-6-17(7-9-19)24(31)32)13-15-5-10-21(20(26)12-15)33-14-16-3-2-4-18(27)11-16/h2-13H,14H2,1H3,(H,31,32)/b22-13-,28-25?. The smallest absolute Gasteiger partial charge is 0.335 e. The highest BCUT2D eigenvalue weighted by atomic mass is 35.5. The Morgan fingerprint density at radius 1 is 1.18 bits per heavy atom. The minimum absolute atomic E-state index is 0.160. The maximum absolute atomic E-state index is 13.3. The van der Waals surface area contributed by atoms with Crippen LogP contribution < -0.4 is 4.74 Å². The monoisotopic (exact) mass is 496 g/mol. The minimum Gasteiger partial charge on any atom is -0.487 e. The van der Waals surface area contributed by atoms with Crippen LogP contribution in [0.5, 0.6) is 5.75 Å². The molecule has 0 aliphatic carbocycles. The first-order valence-corrected chi connectivity index (χ1v) is 11.3. The zero-order valence-corrected chi connectivity index (χ0v) is 19.4. The molecule has 9 heteroatoms. The summed E-state index contributed by atoms with van der Waals surface area (Å²) >= 11 is 7.56. The number of carboxylic acid groups (broad SMARTS) is 1. The lowest BCUT2D eigenvalue weighted by molar-refractivity contribution is -0.121. The van der Waals surface area contributed by atoms with E-state index in [9.17, 15) is 14.0 Å². The van der Waals surface area contributed by atoms with Crippen LogP contribution in [-0.4, -0.2) is 34.1 Å². The summed E-state index contributed by atoms with van der Waals surface area (Å²) in [4.78, 5) is 30.0. The van der Waals surface area contributed by atoms with E-state index in [1.807, 2.05) is 0 Å². The van der Waals surface area contributed by atoms with Gasteiger partial charge in [0.15, 0.2) is 5.17 Å². The predicted molar refractivity (Wildman–Crippen MR) is 131 cm³/mol. The molecule has 1 aliphatic rings. The van der Waals surface area contributed by atoms with Crippen LogP contribution in [0.1, 0.15) is 21.5 Å². The van der Waals surface area contributed by atoms with Gasteiger partial charge in [0, 0.05) is 7.05 Å². The number of rotatable bonds is 6. The molecule has 0 radical (unpaired) electrons. The van der Waals surface area contributed by atoms with E-state index in [1.165, 1.54) is 40.9 Å². The second-order valence-electron chi connectivity index (χ2n) is 7.33. The number of aliphatic imine (C=N–C) groups is 1. The van der Waals surface area contributed by atoms with Crippen molar-refractivity contribution in [1.82, 2.24) is 4.90 Å². The van der Waals surface area contributed by atoms with E-state index in [0.29, 0.717) is 37.7 Å². The lowest BCUT2D eigenvalue weighted by atomic mass is 10.2. The summed E-state index contributed by atoms with van der Waals surface area (Å²) in [6.45, 7) is 0.171. The van der Waals surface area contributed by atoms with Gasteiger partial charge in [0.2, 0.25) is 0 Å². The van der Waals surface area contributed by atoms with Gasteiger partial charge in [0.05, 0.1) is 21.2 Å². The Morgan fingerprint density at radius 2 is 1.94 bits per heavy atom. The molecule has 172 valence electrons. The van der Waals surface area contributed by atoms with Crippen molar-refractivity contribution in [2.24, 2.45) is 4.99 Å². The lowest BCUT2D eigenvalue weighted by Gasteiger charge is -2.09. The molecule has 3 aromatic rings. The molecule has 1 fully saturated rings. The van der Waals surface area contributed by atoms with E-state index in [1.54, 1.807) is 55.6 Å². The molecule has 6 nitrogen and oxygen atoms in total. The molecular weight excluding hydrogens is 479 g/mol. The maximum Gasteiger partial charge on any atom is 0.335 e. The molecule has 1 heterocycles. The van der Waals surface area contributed by atoms with Gasteiger partial charge in [-0.2, -0.15) is 0 Å². The Balaban J connectivity index is 1.48. The molecule has 0 spiro atoms. The Labute approximate surface area is 204 Å². The Bertz CT molecular complexity index is 1320. The van der Waals surface area contributed by atoms with E-state index in [-0.39, 0.29) is 23.9 Å². The highest BCUT2D eigenvalue weighted by Crippen LogP contribution is 2.34. The number of amides is 1. The van der Waals surface area contributed by atoms with Gasteiger partial charge in [-0.3, -0.25) is 9.69 Å². The zero-order valence-electron chi connectivity index (χ0n) is 17.9. The predicted octanol–water partition coefficient (Wildman–Crippen LogP) is 5.99. The van der Waals surface area contributed by atoms with Gasteiger partial charge in [-0.25, -0.2) is 14.2 Å². The molecular formula is C25H18ClFN2O4S. The van der Waals surface area contributed by atoms with Crippen LogP contribution in [0, 0.1) is 5.82 Å². The number of hydrogen-bond acceptors (Lipinski definition) is 5. The lowest BCUT2D eigenvalue weighted by Crippen LogP contribution is -2.23. The second kappa shape index (κ2) is 10.1. The number of aromatic carboxylic acids is 1. The normalized spacial score (nSPS) is 15.9. The summed E-state index contributed by atoms with van der Waals surface area (Å²) < 4.78 is 19.0. The van der Waals surface area contributed by atoms with Crippen molar-refractivity contribution in [2.75, 3.05) is 7.05 Å². The highest BCUT2D eigenvalue weighted by molar-refractivity contribution is 8.18. The second-order valence-corrected chi connectivity index (χ2v) is 8.75. The molecule has 0 atom stereocenters. The SMILES string of the molecule is CN1C(=O)/C(=C/c2ccc(OCc3cccc(F)c3)c(Cl)c2)SC1=Nc1ccc(C(=O)O)cc1. The van der Waals surface area contributed by atoms with E-state index in [2.05, 4.69) is 4.99 Å². The number of carboxylic acids is 1. The number of ether oxygens (including phenoxy) is 1. The molecule has 0 bridgehead atoms. The van der Waals surface area contributed by atoms with Crippen LogP contribution in [0.15, 0.2) is 76.6 Å². The van der Waals surface area contributed by atoms with Crippen LogP contribution in [0.2, 0.25) is 5.02 Å². The van der Waals surface area contributed by atoms with Crippen molar-refractivity contribution in [3.05, 3.63) is 99.2 Å². The fraction of sp³-hybridized carbons (Fsp3) is 0.0800. The Hall–Kier alpha value is -3.62. The Kier molecular flexibility index (Phi) is 7.00. The van der Waals surface area contributed by atoms with Crippen LogP contribution in [0.4, 0.5) is 10.1 Å². The quantitative estimate of drug-likeness (QED) is 0.424. The van der Waals surface area contributed by atoms with E-state index >= 15 is 0 Å². The summed E-state index contributed by atoms with van der Waals surface area (Å²) in [6, 6.07) is 17.4. The first-order chi connectivity index (χ1) is 16.3. The molecule has 1 saturated heterocycles. The van der Waals surface area contributed by atoms with Crippen molar-refractivity contribution in [2.45, 2.75) is 6.61 Å². The number of benzene rings is 3. The van der Waals surface area contributed by atoms with Gasteiger partial charge in [0.1, 0.15) is 18.2 Å². The number of halogens is 2. The average molecular weight is 497 g/mol. The van der Waals surface area contributed by atoms with Crippen LogP contribution in [-0.2, 0) is 11.4 Å². The summed E-state index contributed by atoms with van der Waals surface area (Å²) in [5.41, 5.74) is 2.09. The molecule has 4 rings (SSSR count). The largest absolute Gasteiger partial charge is 0.487 e. The van der Waals surface area contributed by atoms with Crippen molar-refractivity contribution in [3.63, 3.8) is 0 Å².